The van der Waals surface area contributed by atoms with Crippen LogP contribution in [0.3, 0.4) is 0 Å². The van der Waals surface area contributed by atoms with E-state index in [1.807, 2.05) is 5.38 Å². The number of hydrogen-bond acceptors (Lipinski definition) is 6. The molecule has 3 rings (SSSR count). The summed E-state index contributed by atoms with van der Waals surface area (Å²) in [6, 6.07) is 0. The minimum Gasteiger partial charge on any atom is -0.335 e. The first-order chi connectivity index (χ1) is 9.58. The highest BCUT2D eigenvalue weighted by Crippen LogP contribution is 2.23. The van der Waals surface area contributed by atoms with Gasteiger partial charge < -0.3 is 4.98 Å². The fraction of sp³-hybridized carbons (Fsp3) is 0.273. The van der Waals surface area contributed by atoms with Crippen LogP contribution in [0.25, 0.3) is 11.2 Å². The Morgan fingerprint density at radius 3 is 2.85 bits per heavy atom. The van der Waals surface area contributed by atoms with E-state index in [-0.39, 0.29) is 11.2 Å². The molecule has 3 aromatic rings. The Morgan fingerprint density at radius 1 is 1.35 bits per heavy atom. The Kier molecular flexibility index (Phi) is 3.22. The standard InChI is InChI=1S/C11H11N5O2S2/c1-15-8-7(9(17)16(2)11(15)18)13-6(14-8)5-20-10-12-3-4-19-10/h3-4H,5H2,1-2H3,(H,13,14). The largest absolute Gasteiger partial charge is 0.335 e. The first kappa shape index (κ1) is 13.1. The molecule has 0 radical (unpaired) electrons. The van der Waals surface area contributed by atoms with E-state index in [1.165, 1.54) is 23.4 Å². The van der Waals surface area contributed by atoms with Crippen LogP contribution < -0.4 is 11.2 Å². The number of thioether (sulfide) groups is 1. The van der Waals surface area contributed by atoms with Crippen molar-refractivity contribution in [1.29, 1.82) is 0 Å². The third kappa shape index (κ3) is 2.08. The number of aromatic amines is 1. The second-order valence-electron chi connectivity index (χ2n) is 4.17. The fourth-order valence-electron chi connectivity index (χ4n) is 1.85. The molecule has 3 aromatic heterocycles. The Balaban J connectivity index is 2.03. The second kappa shape index (κ2) is 4.91. The second-order valence-corrected chi connectivity index (χ2v) is 6.29. The number of H-pyrrole nitrogens is 1. The number of thiazole rings is 1. The quantitative estimate of drug-likeness (QED) is 0.720. The minimum atomic E-state index is -0.381. The molecule has 0 unspecified atom stereocenters. The molecular weight excluding hydrogens is 298 g/mol. The summed E-state index contributed by atoms with van der Waals surface area (Å²) in [6.45, 7) is 0. The van der Waals surface area contributed by atoms with Crippen molar-refractivity contribution < 1.29 is 0 Å². The van der Waals surface area contributed by atoms with Gasteiger partial charge in [0.2, 0.25) is 0 Å². The maximum atomic E-state index is 12.0. The lowest BCUT2D eigenvalue weighted by molar-refractivity contribution is 0.708. The molecule has 0 saturated carbocycles. The number of rotatable bonds is 3. The lowest BCUT2D eigenvalue weighted by atomic mass is 10.5. The van der Waals surface area contributed by atoms with E-state index in [9.17, 15) is 9.59 Å². The van der Waals surface area contributed by atoms with Gasteiger partial charge in [0.05, 0.1) is 5.75 Å². The zero-order valence-corrected chi connectivity index (χ0v) is 12.4. The Bertz CT molecular complexity index is 875. The molecule has 1 N–H and O–H groups in total. The lowest BCUT2D eigenvalue weighted by Gasteiger charge is -2.00. The SMILES string of the molecule is Cn1c(=O)c2[nH]c(CSc3nccs3)nc2n(C)c1=O. The van der Waals surface area contributed by atoms with Crippen LogP contribution in [0.4, 0.5) is 0 Å². The van der Waals surface area contributed by atoms with Crippen molar-refractivity contribution in [2.45, 2.75) is 10.1 Å². The van der Waals surface area contributed by atoms with Crippen LogP contribution >= 0.6 is 23.1 Å². The zero-order chi connectivity index (χ0) is 14.3. The van der Waals surface area contributed by atoms with Crippen LogP contribution in [-0.2, 0) is 19.8 Å². The predicted molar refractivity (Wildman–Crippen MR) is 78.3 cm³/mol. The van der Waals surface area contributed by atoms with Gasteiger partial charge in [-0.2, -0.15) is 0 Å². The molecule has 0 aliphatic rings. The number of fused-ring (bicyclic) bond motifs is 1. The number of aromatic nitrogens is 5. The summed E-state index contributed by atoms with van der Waals surface area (Å²) in [5, 5.41) is 1.90. The third-order valence-corrected chi connectivity index (χ3v) is 4.86. The number of imidazole rings is 1. The van der Waals surface area contributed by atoms with Gasteiger partial charge in [0.25, 0.3) is 5.56 Å². The molecule has 0 bridgehead atoms. The summed E-state index contributed by atoms with van der Waals surface area (Å²) < 4.78 is 3.37. The Morgan fingerprint density at radius 2 is 2.15 bits per heavy atom. The average Bonchev–Trinajstić information content (AvgIpc) is 3.09. The molecule has 3 heterocycles. The van der Waals surface area contributed by atoms with Crippen LogP contribution in [0.5, 0.6) is 0 Å². The van der Waals surface area contributed by atoms with Gasteiger partial charge in [0, 0.05) is 25.7 Å². The Labute approximate surface area is 121 Å². The molecule has 9 heteroatoms. The van der Waals surface area contributed by atoms with E-state index in [2.05, 4.69) is 15.0 Å². The summed E-state index contributed by atoms with van der Waals surface area (Å²) in [7, 11) is 3.05. The van der Waals surface area contributed by atoms with E-state index in [4.69, 9.17) is 0 Å². The number of hydrogen-bond donors (Lipinski definition) is 1. The fourth-order valence-corrected chi connectivity index (χ4v) is 3.36. The molecule has 0 aliphatic carbocycles. The molecule has 0 saturated heterocycles. The first-order valence-electron chi connectivity index (χ1n) is 5.75. The van der Waals surface area contributed by atoms with Crippen molar-refractivity contribution in [3.8, 4) is 0 Å². The number of aryl methyl sites for hydroxylation is 1. The van der Waals surface area contributed by atoms with Crippen molar-refractivity contribution >= 4 is 34.3 Å². The van der Waals surface area contributed by atoms with E-state index in [0.717, 1.165) is 8.91 Å². The number of nitrogens with one attached hydrogen (secondary N) is 1. The minimum absolute atomic E-state index is 0.351. The average molecular weight is 309 g/mol. The summed E-state index contributed by atoms with van der Waals surface area (Å²) >= 11 is 3.08. The molecule has 0 fully saturated rings. The van der Waals surface area contributed by atoms with E-state index in [1.54, 1.807) is 24.6 Å². The summed E-state index contributed by atoms with van der Waals surface area (Å²) in [5.41, 5.74) is -0.00796. The molecule has 0 spiro atoms. The molecule has 0 aromatic carbocycles. The predicted octanol–water partition coefficient (Wildman–Crippen LogP) is 0.709. The van der Waals surface area contributed by atoms with Crippen LogP contribution in [-0.4, -0.2) is 24.1 Å². The summed E-state index contributed by atoms with van der Waals surface area (Å²) in [6.07, 6.45) is 1.74. The summed E-state index contributed by atoms with van der Waals surface area (Å²) in [4.78, 5) is 35.3. The third-order valence-electron chi connectivity index (χ3n) is 2.89. The van der Waals surface area contributed by atoms with Crippen molar-refractivity contribution in [3.05, 3.63) is 38.2 Å². The van der Waals surface area contributed by atoms with Gasteiger partial charge in [-0.25, -0.2) is 14.8 Å². The van der Waals surface area contributed by atoms with Gasteiger partial charge in [-0.05, 0) is 0 Å². The lowest BCUT2D eigenvalue weighted by Crippen LogP contribution is -2.36. The topological polar surface area (TPSA) is 85.6 Å². The normalized spacial score (nSPS) is 11.3. The molecular formula is C11H11N5O2S2. The number of nitrogens with zero attached hydrogens (tertiary/aromatic N) is 4. The van der Waals surface area contributed by atoms with Crippen molar-refractivity contribution in [2.75, 3.05) is 0 Å². The van der Waals surface area contributed by atoms with Gasteiger partial charge in [-0.1, -0.05) is 11.8 Å². The van der Waals surface area contributed by atoms with Crippen molar-refractivity contribution in [2.24, 2.45) is 14.1 Å². The van der Waals surface area contributed by atoms with Crippen LogP contribution in [0.2, 0.25) is 0 Å². The molecule has 7 nitrogen and oxygen atoms in total. The van der Waals surface area contributed by atoms with Gasteiger partial charge in [0.1, 0.15) is 15.7 Å². The zero-order valence-electron chi connectivity index (χ0n) is 10.8. The van der Waals surface area contributed by atoms with Crippen LogP contribution in [0.15, 0.2) is 25.5 Å². The Hall–Kier alpha value is -1.87. The highest BCUT2D eigenvalue weighted by atomic mass is 32.2. The van der Waals surface area contributed by atoms with E-state index < -0.39 is 0 Å². The van der Waals surface area contributed by atoms with Gasteiger partial charge in [-0.15, -0.1) is 11.3 Å². The van der Waals surface area contributed by atoms with Crippen LogP contribution in [0, 0.1) is 0 Å². The van der Waals surface area contributed by atoms with Gasteiger partial charge in [-0.3, -0.25) is 13.9 Å². The molecule has 20 heavy (non-hydrogen) atoms. The van der Waals surface area contributed by atoms with E-state index >= 15 is 0 Å². The van der Waals surface area contributed by atoms with Crippen molar-refractivity contribution in [3.63, 3.8) is 0 Å². The van der Waals surface area contributed by atoms with Crippen LogP contribution in [0.1, 0.15) is 5.82 Å². The maximum absolute atomic E-state index is 12.0. The molecule has 0 atom stereocenters. The van der Waals surface area contributed by atoms with Gasteiger partial charge >= 0.3 is 5.69 Å². The van der Waals surface area contributed by atoms with Crippen molar-refractivity contribution in [1.82, 2.24) is 24.1 Å². The smallest absolute Gasteiger partial charge is 0.332 e. The monoisotopic (exact) mass is 309 g/mol. The first-order valence-corrected chi connectivity index (χ1v) is 7.61. The highest BCUT2D eigenvalue weighted by molar-refractivity contribution is 8.00. The van der Waals surface area contributed by atoms with Gasteiger partial charge in [0.15, 0.2) is 5.65 Å². The maximum Gasteiger partial charge on any atom is 0.332 e. The van der Waals surface area contributed by atoms with E-state index in [0.29, 0.717) is 22.7 Å². The molecule has 0 aliphatic heterocycles. The highest BCUT2D eigenvalue weighted by Gasteiger charge is 2.13. The summed E-state index contributed by atoms with van der Waals surface area (Å²) in [5.74, 6) is 1.22. The molecule has 104 valence electrons. The molecule has 0 amide bonds.